The molecule has 1 N–H and O–H groups in total. The molecule has 2 saturated heterocycles. The third-order valence-electron chi connectivity index (χ3n) is 6.39. The zero-order valence-electron chi connectivity index (χ0n) is 19.0. The molecule has 1 amide bonds. The first-order valence-corrected chi connectivity index (χ1v) is 13.8. The maximum atomic E-state index is 14.0. The van der Waals surface area contributed by atoms with Crippen molar-refractivity contribution in [3.05, 3.63) is 41.2 Å². The number of likely N-dealkylation sites (tertiary alicyclic amines) is 1. The summed E-state index contributed by atoms with van der Waals surface area (Å²) >= 11 is 1.42. The van der Waals surface area contributed by atoms with E-state index < -0.39 is 15.8 Å². The first-order chi connectivity index (χ1) is 15.7. The van der Waals surface area contributed by atoms with Crippen LogP contribution in [0.3, 0.4) is 0 Å². The zero-order chi connectivity index (χ0) is 23.6. The minimum Gasteiger partial charge on any atom is -0.302 e. The molecule has 1 aromatic heterocycles. The van der Waals surface area contributed by atoms with Crippen molar-refractivity contribution < 1.29 is 17.6 Å². The Hall–Kier alpha value is -1.88. The highest BCUT2D eigenvalue weighted by atomic mass is 32.2. The maximum Gasteiger partial charge on any atom is 0.245 e. The number of amides is 1. The fourth-order valence-corrected chi connectivity index (χ4v) is 7.19. The number of anilines is 1. The summed E-state index contributed by atoms with van der Waals surface area (Å²) in [6.45, 7) is 7.85. The van der Waals surface area contributed by atoms with Crippen LogP contribution in [-0.2, 0) is 21.4 Å². The summed E-state index contributed by atoms with van der Waals surface area (Å²) in [6, 6.07) is 5.38. The van der Waals surface area contributed by atoms with Gasteiger partial charge in [0.05, 0.1) is 5.69 Å². The van der Waals surface area contributed by atoms with E-state index in [0.717, 1.165) is 31.4 Å². The topological polar surface area (TPSA) is 82.6 Å². The van der Waals surface area contributed by atoms with Gasteiger partial charge in [0.25, 0.3) is 0 Å². The number of nitrogens with one attached hydrogen (secondary N) is 1. The van der Waals surface area contributed by atoms with E-state index in [1.54, 1.807) is 0 Å². The Morgan fingerprint density at radius 1 is 1.18 bits per heavy atom. The summed E-state index contributed by atoms with van der Waals surface area (Å²) in [7, 11) is -3.91. The van der Waals surface area contributed by atoms with Gasteiger partial charge in [0.2, 0.25) is 15.9 Å². The lowest BCUT2D eigenvalue weighted by atomic mass is 9.92. The molecule has 2 aliphatic heterocycles. The summed E-state index contributed by atoms with van der Waals surface area (Å²) in [5, 5.41) is 5.47. The number of carbonyl (C=O) groups is 1. The molecule has 0 radical (unpaired) electrons. The highest BCUT2D eigenvalue weighted by Crippen LogP contribution is 2.27. The second-order valence-electron chi connectivity index (χ2n) is 9.38. The van der Waals surface area contributed by atoms with Gasteiger partial charge in [0, 0.05) is 44.0 Å². The van der Waals surface area contributed by atoms with Crippen molar-refractivity contribution in [1.29, 1.82) is 0 Å². The van der Waals surface area contributed by atoms with Gasteiger partial charge in [-0.2, -0.15) is 4.31 Å². The molecular formula is C23H31FN4O3S2. The Morgan fingerprint density at radius 3 is 2.52 bits per heavy atom. The molecule has 0 spiro atoms. The number of nitrogens with zero attached hydrogens (tertiary/aromatic N) is 3. The van der Waals surface area contributed by atoms with Gasteiger partial charge in [-0.3, -0.25) is 9.69 Å². The molecule has 2 fully saturated rings. The number of aromatic nitrogens is 1. The van der Waals surface area contributed by atoms with Crippen molar-refractivity contribution >= 4 is 32.4 Å². The fraction of sp³-hybridized carbons (Fsp3) is 0.565. The minimum absolute atomic E-state index is 0.140. The van der Waals surface area contributed by atoms with Gasteiger partial charge in [0.15, 0.2) is 5.13 Å². The molecule has 1 aromatic carbocycles. The number of sulfonamides is 1. The van der Waals surface area contributed by atoms with E-state index in [0.29, 0.717) is 29.8 Å². The van der Waals surface area contributed by atoms with Crippen LogP contribution in [0.15, 0.2) is 34.5 Å². The summed E-state index contributed by atoms with van der Waals surface area (Å²) < 4.78 is 40.8. The van der Waals surface area contributed by atoms with E-state index in [1.807, 2.05) is 5.38 Å². The first-order valence-electron chi connectivity index (χ1n) is 11.4. The molecule has 0 unspecified atom stereocenters. The second-order valence-corrected chi connectivity index (χ2v) is 12.1. The number of hydrogen-bond acceptors (Lipinski definition) is 6. The lowest BCUT2D eigenvalue weighted by Crippen LogP contribution is -2.41. The molecule has 0 aliphatic carbocycles. The van der Waals surface area contributed by atoms with Crippen molar-refractivity contribution in [2.75, 3.05) is 31.5 Å². The van der Waals surface area contributed by atoms with Crippen LogP contribution < -0.4 is 5.32 Å². The van der Waals surface area contributed by atoms with E-state index in [2.05, 4.69) is 29.0 Å². The quantitative estimate of drug-likeness (QED) is 0.661. The van der Waals surface area contributed by atoms with E-state index in [4.69, 9.17) is 0 Å². The SMILES string of the molecule is C[C@@H]1C[C@H](C)CN(Cc2csc(NC(=O)C3CCN(S(=O)(=O)c4ccccc4F)CC3)n2)C1. The van der Waals surface area contributed by atoms with Gasteiger partial charge >= 0.3 is 0 Å². The van der Waals surface area contributed by atoms with E-state index in [-0.39, 0.29) is 29.8 Å². The van der Waals surface area contributed by atoms with Crippen molar-refractivity contribution in [1.82, 2.24) is 14.2 Å². The van der Waals surface area contributed by atoms with Crippen LogP contribution in [0.4, 0.5) is 9.52 Å². The van der Waals surface area contributed by atoms with Crippen LogP contribution in [0.5, 0.6) is 0 Å². The number of halogens is 1. The standard InChI is InChI=1S/C23H31FN4O3S2/c1-16-11-17(2)13-27(12-16)14-19-15-32-23(25-19)26-22(29)18-7-9-28(10-8-18)33(30,31)21-6-4-3-5-20(21)24/h3-6,15-18H,7-14H2,1-2H3,(H,25,26,29)/t16-,17+. The molecule has 3 heterocycles. The smallest absolute Gasteiger partial charge is 0.245 e. The van der Waals surface area contributed by atoms with Crippen molar-refractivity contribution in [3.63, 3.8) is 0 Å². The Labute approximate surface area is 199 Å². The Balaban J connectivity index is 1.30. The Kier molecular flexibility index (Phi) is 7.47. The van der Waals surface area contributed by atoms with Crippen LogP contribution in [0.1, 0.15) is 38.8 Å². The minimum atomic E-state index is -3.91. The molecule has 33 heavy (non-hydrogen) atoms. The summed E-state index contributed by atoms with van der Waals surface area (Å²) in [4.78, 5) is 19.4. The third kappa shape index (κ3) is 5.79. The number of carbonyl (C=O) groups excluding carboxylic acids is 1. The number of rotatable bonds is 6. The number of piperidine rings is 2. The lowest BCUT2D eigenvalue weighted by molar-refractivity contribution is -0.120. The van der Waals surface area contributed by atoms with Crippen LogP contribution in [-0.4, -0.2) is 54.7 Å². The summed E-state index contributed by atoms with van der Waals surface area (Å²) in [5.41, 5.74) is 0.961. The Morgan fingerprint density at radius 2 is 1.85 bits per heavy atom. The van der Waals surface area contributed by atoms with E-state index in [1.165, 1.54) is 40.3 Å². The zero-order valence-corrected chi connectivity index (χ0v) is 20.7. The average molecular weight is 495 g/mol. The molecule has 2 atom stereocenters. The highest BCUT2D eigenvalue weighted by molar-refractivity contribution is 7.89. The molecule has 2 aromatic rings. The molecule has 0 bridgehead atoms. The third-order valence-corrected chi connectivity index (χ3v) is 9.13. The highest BCUT2D eigenvalue weighted by Gasteiger charge is 2.33. The van der Waals surface area contributed by atoms with Gasteiger partial charge < -0.3 is 5.32 Å². The van der Waals surface area contributed by atoms with Gasteiger partial charge in [-0.15, -0.1) is 11.3 Å². The molecule has 7 nitrogen and oxygen atoms in total. The van der Waals surface area contributed by atoms with Gasteiger partial charge in [-0.25, -0.2) is 17.8 Å². The lowest BCUT2D eigenvalue weighted by Gasteiger charge is -2.34. The summed E-state index contributed by atoms with van der Waals surface area (Å²) in [5.74, 6) is 0.164. The average Bonchev–Trinajstić information content (AvgIpc) is 3.19. The predicted molar refractivity (Wildman–Crippen MR) is 127 cm³/mol. The second kappa shape index (κ2) is 10.2. The molecule has 10 heteroatoms. The van der Waals surface area contributed by atoms with Crippen molar-refractivity contribution in [3.8, 4) is 0 Å². The first kappa shape index (κ1) is 24.3. The van der Waals surface area contributed by atoms with Crippen LogP contribution >= 0.6 is 11.3 Å². The summed E-state index contributed by atoms with van der Waals surface area (Å²) in [6.07, 6.45) is 2.04. The van der Waals surface area contributed by atoms with E-state index in [9.17, 15) is 17.6 Å². The monoisotopic (exact) mass is 494 g/mol. The number of benzene rings is 1. The van der Waals surface area contributed by atoms with Crippen molar-refractivity contribution in [2.24, 2.45) is 17.8 Å². The van der Waals surface area contributed by atoms with Crippen molar-refractivity contribution in [2.45, 2.75) is 44.6 Å². The fourth-order valence-electron chi connectivity index (χ4n) is 4.95. The molecule has 180 valence electrons. The van der Waals surface area contributed by atoms with E-state index >= 15 is 0 Å². The molecule has 4 rings (SSSR count). The molecule has 2 aliphatic rings. The predicted octanol–water partition coefficient (Wildman–Crippen LogP) is 3.80. The van der Waals surface area contributed by atoms with Crippen LogP contribution in [0.2, 0.25) is 0 Å². The van der Waals surface area contributed by atoms with Gasteiger partial charge in [0.1, 0.15) is 10.7 Å². The molecular weight excluding hydrogens is 463 g/mol. The number of hydrogen-bond donors (Lipinski definition) is 1. The van der Waals surface area contributed by atoms with Crippen LogP contribution in [0.25, 0.3) is 0 Å². The van der Waals surface area contributed by atoms with Gasteiger partial charge in [-0.05, 0) is 43.2 Å². The Bertz CT molecular complexity index is 1070. The largest absolute Gasteiger partial charge is 0.302 e. The number of thiazole rings is 1. The maximum absolute atomic E-state index is 14.0. The normalized spacial score (nSPS) is 23.5. The van der Waals surface area contributed by atoms with Gasteiger partial charge in [-0.1, -0.05) is 26.0 Å². The molecule has 0 saturated carbocycles. The van der Waals surface area contributed by atoms with Crippen LogP contribution in [0, 0.1) is 23.6 Å².